The summed E-state index contributed by atoms with van der Waals surface area (Å²) in [5.41, 5.74) is -1.40. The van der Waals surface area contributed by atoms with Crippen molar-refractivity contribution in [3.05, 3.63) is 39.9 Å². The fraction of sp³-hybridized carbons (Fsp3) is 0.231. The molecule has 0 unspecified atom stereocenters. The standard InChI is InChI=1S/C13H8F3NO4/c14-7-3-6-11(10(16)9(7)15)17(5-1-2-5)4-8(12(6)18)21-13(19)20/h3-5H,1-2H2,(H,19,20). The van der Waals surface area contributed by atoms with Crippen LogP contribution >= 0.6 is 0 Å². The fourth-order valence-electron chi connectivity index (χ4n) is 2.20. The molecule has 1 aromatic heterocycles. The SMILES string of the molecule is O=C(O)Oc1cn(C2CC2)c2c(F)c(F)c(F)cc2c1=O. The molecular weight excluding hydrogens is 291 g/mol. The molecule has 1 aromatic carbocycles. The molecule has 1 aliphatic carbocycles. The predicted molar refractivity (Wildman–Crippen MR) is 65.0 cm³/mol. The van der Waals surface area contributed by atoms with Gasteiger partial charge < -0.3 is 14.4 Å². The predicted octanol–water partition coefficient (Wildman–Crippen LogP) is 2.81. The number of carboxylic acid groups (broad SMARTS) is 1. The topological polar surface area (TPSA) is 68.5 Å². The molecule has 0 aliphatic heterocycles. The number of hydrogen-bond acceptors (Lipinski definition) is 3. The van der Waals surface area contributed by atoms with E-state index in [4.69, 9.17) is 5.11 Å². The Kier molecular flexibility index (Phi) is 2.89. The summed E-state index contributed by atoms with van der Waals surface area (Å²) in [6.45, 7) is 0. The fourth-order valence-corrected chi connectivity index (χ4v) is 2.20. The minimum atomic E-state index is -1.73. The second kappa shape index (κ2) is 4.51. The average molecular weight is 299 g/mol. The van der Waals surface area contributed by atoms with Crippen LogP contribution in [0, 0.1) is 17.5 Å². The van der Waals surface area contributed by atoms with Crippen LogP contribution in [0.5, 0.6) is 5.75 Å². The van der Waals surface area contributed by atoms with Gasteiger partial charge in [-0.15, -0.1) is 0 Å². The summed E-state index contributed by atoms with van der Waals surface area (Å²) in [7, 11) is 0. The van der Waals surface area contributed by atoms with Gasteiger partial charge in [0.15, 0.2) is 23.2 Å². The molecule has 1 heterocycles. The van der Waals surface area contributed by atoms with Crippen LogP contribution in [0.25, 0.3) is 10.9 Å². The molecule has 0 radical (unpaired) electrons. The van der Waals surface area contributed by atoms with Crippen LogP contribution in [0.1, 0.15) is 18.9 Å². The van der Waals surface area contributed by atoms with Gasteiger partial charge >= 0.3 is 6.16 Å². The highest BCUT2D eigenvalue weighted by Crippen LogP contribution is 2.38. The van der Waals surface area contributed by atoms with E-state index in [0.717, 1.165) is 6.20 Å². The molecule has 8 heteroatoms. The first kappa shape index (κ1) is 13.5. The van der Waals surface area contributed by atoms with Gasteiger partial charge in [0.05, 0.1) is 17.1 Å². The minimum absolute atomic E-state index is 0.205. The van der Waals surface area contributed by atoms with Gasteiger partial charge in [-0.3, -0.25) is 4.79 Å². The summed E-state index contributed by atoms with van der Waals surface area (Å²) in [5, 5.41) is 8.12. The number of aromatic nitrogens is 1. The number of ether oxygens (including phenoxy) is 1. The van der Waals surface area contributed by atoms with Gasteiger partial charge in [0, 0.05) is 6.04 Å². The molecule has 1 N–H and O–H groups in total. The highest BCUT2D eigenvalue weighted by molar-refractivity contribution is 5.82. The van der Waals surface area contributed by atoms with E-state index in [-0.39, 0.29) is 11.6 Å². The Hall–Kier alpha value is -2.51. The van der Waals surface area contributed by atoms with E-state index < -0.39 is 40.2 Å². The Balaban J connectivity index is 2.40. The van der Waals surface area contributed by atoms with Crippen molar-refractivity contribution in [2.45, 2.75) is 18.9 Å². The maximum absolute atomic E-state index is 14.0. The third-order valence-electron chi connectivity index (χ3n) is 3.26. The number of fused-ring (bicyclic) bond motifs is 1. The van der Waals surface area contributed by atoms with Crippen molar-refractivity contribution in [2.75, 3.05) is 0 Å². The second-order valence-electron chi connectivity index (χ2n) is 4.71. The van der Waals surface area contributed by atoms with Crippen molar-refractivity contribution < 1.29 is 27.8 Å². The number of rotatable bonds is 2. The number of carbonyl (C=O) groups is 1. The Morgan fingerprint density at radius 1 is 1.29 bits per heavy atom. The van der Waals surface area contributed by atoms with Crippen LogP contribution in [0.2, 0.25) is 0 Å². The van der Waals surface area contributed by atoms with E-state index in [2.05, 4.69) is 4.74 Å². The summed E-state index contributed by atoms with van der Waals surface area (Å²) in [4.78, 5) is 22.6. The lowest BCUT2D eigenvalue weighted by Crippen LogP contribution is -2.17. The summed E-state index contributed by atoms with van der Waals surface area (Å²) >= 11 is 0. The Morgan fingerprint density at radius 3 is 2.52 bits per heavy atom. The lowest BCUT2D eigenvalue weighted by molar-refractivity contribution is 0.143. The van der Waals surface area contributed by atoms with Crippen LogP contribution < -0.4 is 10.2 Å². The number of nitrogens with zero attached hydrogens (tertiary/aromatic N) is 1. The second-order valence-corrected chi connectivity index (χ2v) is 4.71. The molecule has 3 rings (SSSR count). The molecule has 0 spiro atoms. The Bertz CT molecular complexity index is 827. The first-order chi connectivity index (χ1) is 9.90. The van der Waals surface area contributed by atoms with Crippen LogP contribution in [-0.4, -0.2) is 15.8 Å². The molecule has 0 saturated heterocycles. The van der Waals surface area contributed by atoms with Gasteiger partial charge in [-0.2, -0.15) is 0 Å². The lowest BCUT2D eigenvalue weighted by atomic mass is 10.1. The maximum atomic E-state index is 14.0. The van der Waals surface area contributed by atoms with E-state index in [1.54, 1.807) is 0 Å². The Labute approximate surface area is 115 Å². The van der Waals surface area contributed by atoms with E-state index >= 15 is 0 Å². The minimum Gasteiger partial charge on any atom is -0.449 e. The molecule has 0 bridgehead atoms. The lowest BCUT2D eigenvalue weighted by Gasteiger charge is -2.13. The third-order valence-corrected chi connectivity index (χ3v) is 3.26. The van der Waals surface area contributed by atoms with Gasteiger partial charge in [-0.25, -0.2) is 18.0 Å². The zero-order valence-electron chi connectivity index (χ0n) is 10.4. The van der Waals surface area contributed by atoms with Crippen molar-refractivity contribution in [3.8, 4) is 5.75 Å². The smallest absolute Gasteiger partial charge is 0.449 e. The highest BCUT2D eigenvalue weighted by atomic mass is 19.2. The van der Waals surface area contributed by atoms with E-state index in [1.165, 1.54) is 4.57 Å². The van der Waals surface area contributed by atoms with Crippen molar-refractivity contribution in [2.24, 2.45) is 0 Å². The number of benzene rings is 1. The van der Waals surface area contributed by atoms with Gasteiger partial charge in [0.1, 0.15) is 0 Å². The molecule has 21 heavy (non-hydrogen) atoms. The van der Waals surface area contributed by atoms with Gasteiger partial charge in [0.2, 0.25) is 5.43 Å². The number of halogens is 3. The molecule has 0 amide bonds. The van der Waals surface area contributed by atoms with Crippen molar-refractivity contribution in [1.82, 2.24) is 4.57 Å². The highest BCUT2D eigenvalue weighted by Gasteiger charge is 2.29. The van der Waals surface area contributed by atoms with Crippen LogP contribution in [0.15, 0.2) is 17.1 Å². The zero-order valence-corrected chi connectivity index (χ0v) is 10.4. The van der Waals surface area contributed by atoms with E-state index in [1.807, 2.05) is 0 Å². The largest absolute Gasteiger partial charge is 0.511 e. The van der Waals surface area contributed by atoms with Gasteiger partial charge in [-0.1, -0.05) is 0 Å². The molecule has 2 aromatic rings. The van der Waals surface area contributed by atoms with E-state index in [0.29, 0.717) is 18.9 Å². The first-order valence-corrected chi connectivity index (χ1v) is 6.03. The van der Waals surface area contributed by atoms with Crippen molar-refractivity contribution >= 4 is 17.1 Å². The summed E-state index contributed by atoms with van der Waals surface area (Å²) in [6, 6.07) is 0.340. The third kappa shape index (κ3) is 2.12. The molecule has 110 valence electrons. The van der Waals surface area contributed by atoms with Crippen LogP contribution in [0.4, 0.5) is 18.0 Å². The normalized spacial score (nSPS) is 14.4. The molecular formula is C13H8F3NO4. The molecule has 0 atom stereocenters. The number of hydrogen-bond donors (Lipinski definition) is 1. The van der Waals surface area contributed by atoms with Crippen molar-refractivity contribution in [1.29, 1.82) is 0 Å². The summed E-state index contributed by atoms with van der Waals surface area (Å²) in [6.07, 6.45) is 0.597. The van der Waals surface area contributed by atoms with Crippen molar-refractivity contribution in [3.63, 3.8) is 0 Å². The molecule has 1 saturated carbocycles. The monoisotopic (exact) mass is 299 g/mol. The van der Waals surface area contributed by atoms with Gasteiger partial charge in [-0.05, 0) is 18.9 Å². The average Bonchev–Trinajstić information content (AvgIpc) is 3.23. The summed E-state index contributed by atoms with van der Waals surface area (Å²) < 4.78 is 46.2. The quantitative estimate of drug-likeness (QED) is 0.684. The summed E-state index contributed by atoms with van der Waals surface area (Å²) in [5.74, 6) is -5.25. The molecule has 1 fully saturated rings. The zero-order chi connectivity index (χ0) is 15.3. The maximum Gasteiger partial charge on any atom is 0.511 e. The van der Waals surface area contributed by atoms with E-state index in [9.17, 15) is 22.8 Å². The number of pyridine rings is 1. The van der Waals surface area contributed by atoms with Crippen LogP contribution in [-0.2, 0) is 0 Å². The Morgan fingerprint density at radius 2 is 1.95 bits per heavy atom. The van der Waals surface area contributed by atoms with Gasteiger partial charge in [0.25, 0.3) is 0 Å². The molecule has 5 nitrogen and oxygen atoms in total. The molecule has 1 aliphatic rings. The van der Waals surface area contributed by atoms with Crippen LogP contribution in [0.3, 0.4) is 0 Å². The first-order valence-electron chi connectivity index (χ1n) is 6.03.